The highest BCUT2D eigenvalue weighted by Crippen LogP contribution is 2.27. The molecule has 3 heteroatoms. The molecule has 2 aromatic rings. The highest BCUT2D eigenvalue weighted by atomic mass is 35.5. The van der Waals surface area contributed by atoms with E-state index in [0.29, 0.717) is 27.1 Å². The smallest absolute Gasteiger partial charge is 0.194 e. The van der Waals surface area contributed by atoms with Gasteiger partial charge >= 0.3 is 0 Å². The van der Waals surface area contributed by atoms with Crippen LogP contribution < -0.4 is 0 Å². The van der Waals surface area contributed by atoms with Crippen LogP contribution in [0.3, 0.4) is 0 Å². The van der Waals surface area contributed by atoms with Gasteiger partial charge in [0.1, 0.15) is 0 Å². The fourth-order valence-corrected chi connectivity index (χ4v) is 2.24. The summed E-state index contributed by atoms with van der Waals surface area (Å²) in [5.41, 5.74) is 2.26. The summed E-state index contributed by atoms with van der Waals surface area (Å²) in [7, 11) is 0. The minimum atomic E-state index is -0.109. The summed E-state index contributed by atoms with van der Waals surface area (Å²) in [5.74, 6) is 0.335. The molecule has 0 heterocycles. The second-order valence-corrected chi connectivity index (χ2v) is 5.49. The molecule has 0 fully saturated rings. The van der Waals surface area contributed by atoms with Crippen molar-refractivity contribution in [2.75, 3.05) is 0 Å². The van der Waals surface area contributed by atoms with Crippen LogP contribution in [-0.4, -0.2) is 5.78 Å². The number of benzene rings is 2. The molecule has 19 heavy (non-hydrogen) atoms. The van der Waals surface area contributed by atoms with Crippen LogP contribution in [0.5, 0.6) is 0 Å². The van der Waals surface area contributed by atoms with Crippen molar-refractivity contribution in [3.05, 3.63) is 69.2 Å². The van der Waals surface area contributed by atoms with Gasteiger partial charge in [0, 0.05) is 11.1 Å². The maximum atomic E-state index is 12.4. The Balaban J connectivity index is 2.36. The van der Waals surface area contributed by atoms with Crippen LogP contribution in [0.25, 0.3) is 0 Å². The SMILES string of the molecule is CC(C)c1ccc(C(=O)c2cccc(Cl)c2Cl)cc1. The third kappa shape index (κ3) is 2.99. The predicted octanol–water partition coefficient (Wildman–Crippen LogP) is 5.35. The monoisotopic (exact) mass is 292 g/mol. The van der Waals surface area contributed by atoms with Crippen LogP contribution in [0.1, 0.15) is 41.3 Å². The van der Waals surface area contributed by atoms with E-state index in [1.807, 2.05) is 24.3 Å². The first-order valence-corrected chi connectivity index (χ1v) is 6.85. The Morgan fingerprint density at radius 3 is 2.21 bits per heavy atom. The molecule has 2 aromatic carbocycles. The zero-order valence-corrected chi connectivity index (χ0v) is 12.3. The lowest BCUT2D eigenvalue weighted by atomic mass is 9.98. The van der Waals surface area contributed by atoms with Crippen LogP contribution in [0, 0.1) is 0 Å². The van der Waals surface area contributed by atoms with Gasteiger partial charge in [-0.2, -0.15) is 0 Å². The molecule has 0 aliphatic heterocycles. The van der Waals surface area contributed by atoms with Crippen LogP contribution in [0.15, 0.2) is 42.5 Å². The highest BCUT2D eigenvalue weighted by molar-refractivity contribution is 6.44. The Kier molecular flexibility index (Phi) is 4.28. The zero-order valence-electron chi connectivity index (χ0n) is 10.8. The van der Waals surface area contributed by atoms with Gasteiger partial charge in [-0.25, -0.2) is 0 Å². The van der Waals surface area contributed by atoms with E-state index in [1.165, 1.54) is 5.56 Å². The van der Waals surface area contributed by atoms with E-state index in [1.54, 1.807) is 18.2 Å². The van der Waals surface area contributed by atoms with Gasteiger partial charge in [-0.15, -0.1) is 0 Å². The fraction of sp³-hybridized carbons (Fsp3) is 0.188. The number of hydrogen-bond acceptors (Lipinski definition) is 1. The van der Waals surface area contributed by atoms with Gasteiger partial charge in [-0.1, -0.05) is 67.4 Å². The molecule has 0 unspecified atom stereocenters. The summed E-state index contributed by atoms with van der Waals surface area (Å²) in [6.45, 7) is 4.23. The van der Waals surface area contributed by atoms with Gasteiger partial charge < -0.3 is 0 Å². The molecule has 0 bridgehead atoms. The first-order valence-electron chi connectivity index (χ1n) is 6.09. The first kappa shape index (κ1) is 14.1. The third-order valence-electron chi connectivity index (χ3n) is 3.04. The van der Waals surface area contributed by atoms with Crippen molar-refractivity contribution in [3.63, 3.8) is 0 Å². The summed E-state index contributed by atoms with van der Waals surface area (Å²) >= 11 is 12.0. The van der Waals surface area contributed by atoms with Gasteiger partial charge in [0.25, 0.3) is 0 Å². The van der Waals surface area contributed by atoms with Crippen molar-refractivity contribution >= 4 is 29.0 Å². The number of ketones is 1. The maximum absolute atomic E-state index is 12.4. The van der Waals surface area contributed by atoms with E-state index in [-0.39, 0.29) is 5.78 Å². The molecule has 0 saturated carbocycles. The number of carbonyl (C=O) groups excluding carboxylic acids is 1. The molecular formula is C16H14Cl2O. The molecule has 98 valence electrons. The molecule has 0 saturated heterocycles. The minimum Gasteiger partial charge on any atom is -0.289 e. The quantitative estimate of drug-likeness (QED) is 0.697. The van der Waals surface area contributed by atoms with Crippen molar-refractivity contribution < 1.29 is 4.79 Å². The van der Waals surface area contributed by atoms with Gasteiger partial charge in [0.15, 0.2) is 5.78 Å². The van der Waals surface area contributed by atoms with Crippen molar-refractivity contribution in [1.82, 2.24) is 0 Å². The van der Waals surface area contributed by atoms with Crippen molar-refractivity contribution in [2.45, 2.75) is 19.8 Å². The average Bonchev–Trinajstić information content (AvgIpc) is 2.41. The molecule has 0 aliphatic rings. The summed E-state index contributed by atoms with van der Waals surface area (Å²) in [5, 5.41) is 0.702. The lowest BCUT2D eigenvalue weighted by Gasteiger charge is -2.08. The predicted molar refractivity (Wildman–Crippen MR) is 80.4 cm³/mol. The second-order valence-electron chi connectivity index (χ2n) is 4.71. The molecule has 1 nitrogen and oxygen atoms in total. The Labute approximate surface area is 123 Å². The maximum Gasteiger partial charge on any atom is 0.194 e. The number of rotatable bonds is 3. The first-order chi connectivity index (χ1) is 9.00. The molecule has 0 N–H and O–H groups in total. The standard InChI is InChI=1S/C16H14Cl2O/c1-10(2)11-6-8-12(9-7-11)16(19)13-4-3-5-14(17)15(13)18/h3-10H,1-2H3. The van der Waals surface area contributed by atoms with Crippen LogP contribution in [0.4, 0.5) is 0 Å². The molecule has 2 rings (SSSR count). The van der Waals surface area contributed by atoms with Crippen molar-refractivity contribution in [1.29, 1.82) is 0 Å². The Hall–Kier alpha value is -1.31. The Bertz CT molecular complexity index is 601. The highest BCUT2D eigenvalue weighted by Gasteiger charge is 2.14. The summed E-state index contributed by atoms with van der Waals surface area (Å²) in [4.78, 5) is 12.4. The summed E-state index contributed by atoms with van der Waals surface area (Å²) < 4.78 is 0. The van der Waals surface area contributed by atoms with Gasteiger partial charge in [0.05, 0.1) is 10.0 Å². The zero-order chi connectivity index (χ0) is 14.0. The molecule has 0 aliphatic carbocycles. The third-order valence-corrected chi connectivity index (χ3v) is 3.85. The van der Waals surface area contributed by atoms with Crippen LogP contribution >= 0.6 is 23.2 Å². The lowest BCUT2D eigenvalue weighted by Crippen LogP contribution is -2.02. The molecule has 0 amide bonds. The number of halogens is 2. The van der Waals surface area contributed by atoms with Crippen molar-refractivity contribution in [2.24, 2.45) is 0 Å². The van der Waals surface area contributed by atoms with Crippen molar-refractivity contribution in [3.8, 4) is 0 Å². The van der Waals surface area contributed by atoms with E-state index < -0.39 is 0 Å². The molecular weight excluding hydrogens is 279 g/mol. The topological polar surface area (TPSA) is 17.1 Å². The van der Waals surface area contributed by atoms with E-state index >= 15 is 0 Å². The van der Waals surface area contributed by atoms with Gasteiger partial charge in [0.2, 0.25) is 0 Å². The minimum absolute atomic E-state index is 0.109. The largest absolute Gasteiger partial charge is 0.289 e. The molecule has 0 spiro atoms. The molecule has 0 atom stereocenters. The van der Waals surface area contributed by atoms with E-state index in [4.69, 9.17) is 23.2 Å². The van der Waals surface area contributed by atoms with E-state index in [9.17, 15) is 4.79 Å². The second kappa shape index (κ2) is 5.77. The number of carbonyl (C=O) groups is 1. The molecule has 0 radical (unpaired) electrons. The Morgan fingerprint density at radius 1 is 1.00 bits per heavy atom. The normalized spacial score (nSPS) is 10.8. The summed E-state index contributed by atoms with van der Waals surface area (Å²) in [6.07, 6.45) is 0. The average molecular weight is 293 g/mol. The van der Waals surface area contributed by atoms with Crippen LogP contribution in [0.2, 0.25) is 10.0 Å². The molecule has 0 aromatic heterocycles. The van der Waals surface area contributed by atoms with E-state index in [0.717, 1.165) is 0 Å². The lowest BCUT2D eigenvalue weighted by molar-refractivity contribution is 0.103. The van der Waals surface area contributed by atoms with Crippen LogP contribution in [-0.2, 0) is 0 Å². The Morgan fingerprint density at radius 2 is 1.63 bits per heavy atom. The van der Waals surface area contributed by atoms with Gasteiger partial charge in [-0.3, -0.25) is 4.79 Å². The van der Waals surface area contributed by atoms with Gasteiger partial charge in [-0.05, 0) is 23.6 Å². The fourth-order valence-electron chi connectivity index (χ4n) is 1.85. The van der Waals surface area contributed by atoms with E-state index in [2.05, 4.69) is 13.8 Å². The summed E-state index contributed by atoms with van der Waals surface area (Å²) in [6, 6.07) is 12.7. The number of hydrogen-bond donors (Lipinski definition) is 0.